The van der Waals surface area contributed by atoms with Crippen LogP contribution in [0.1, 0.15) is 22.5 Å². The molecule has 0 radical (unpaired) electrons. The smallest absolute Gasteiger partial charge is 0.277 e. The Morgan fingerprint density at radius 2 is 1.53 bits per heavy atom. The van der Waals surface area contributed by atoms with Gasteiger partial charge in [0.05, 0.1) is 5.69 Å². The molecule has 0 aromatic carbocycles. The van der Waals surface area contributed by atoms with E-state index in [1.54, 1.807) is 18.4 Å². The summed E-state index contributed by atoms with van der Waals surface area (Å²) in [5.41, 5.74) is 7.71. The number of fused-ring (bicyclic) bond motifs is 1. The first kappa shape index (κ1) is 9.92. The van der Waals surface area contributed by atoms with E-state index in [9.17, 15) is 9.59 Å². The van der Waals surface area contributed by atoms with Gasteiger partial charge in [0.15, 0.2) is 0 Å². The Balaban J connectivity index is 3.17. The Labute approximate surface area is 86.1 Å². The van der Waals surface area contributed by atoms with Crippen molar-refractivity contribution in [2.75, 3.05) is 0 Å². The van der Waals surface area contributed by atoms with Gasteiger partial charge in [-0.25, -0.2) is 4.52 Å². The maximum atomic E-state index is 11.8. The van der Waals surface area contributed by atoms with Crippen LogP contribution in [0.3, 0.4) is 0 Å². The summed E-state index contributed by atoms with van der Waals surface area (Å²) in [6.45, 7) is 5.48. The van der Waals surface area contributed by atoms with Gasteiger partial charge in [0.1, 0.15) is 0 Å². The van der Waals surface area contributed by atoms with Crippen LogP contribution in [-0.2, 0) is 6.54 Å². The highest BCUT2D eigenvalue weighted by molar-refractivity contribution is 5.26. The summed E-state index contributed by atoms with van der Waals surface area (Å²) < 4.78 is 2.78. The fourth-order valence-corrected chi connectivity index (χ4v) is 1.90. The normalized spacial score (nSPS) is 11.5. The molecule has 0 unspecified atom stereocenters. The molecule has 2 aromatic rings. The zero-order chi connectivity index (χ0) is 11.3. The number of nitrogens with two attached hydrogens (primary N) is 1. The van der Waals surface area contributed by atoms with E-state index in [0.29, 0.717) is 16.8 Å². The summed E-state index contributed by atoms with van der Waals surface area (Å²) in [4.78, 5) is 23.5. The van der Waals surface area contributed by atoms with Crippen LogP contribution >= 0.6 is 0 Å². The van der Waals surface area contributed by atoms with Gasteiger partial charge in [-0.3, -0.25) is 9.59 Å². The third-order valence-electron chi connectivity index (χ3n) is 2.97. The van der Waals surface area contributed by atoms with Crippen molar-refractivity contribution in [3.8, 4) is 0 Å². The maximum absolute atomic E-state index is 11.8. The number of nitrogens with zero attached hydrogens (tertiary/aromatic N) is 2. The van der Waals surface area contributed by atoms with Crippen LogP contribution in [0.5, 0.6) is 0 Å². The van der Waals surface area contributed by atoms with E-state index in [1.807, 2.05) is 6.92 Å². The molecule has 5 heteroatoms. The van der Waals surface area contributed by atoms with E-state index in [-0.39, 0.29) is 17.7 Å². The largest absolute Gasteiger partial charge is 0.325 e. The number of rotatable bonds is 1. The van der Waals surface area contributed by atoms with Gasteiger partial charge in [0.2, 0.25) is 0 Å². The molecule has 80 valence electrons. The first-order valence-electron chi connectivity index (χ1n) is 4.76. The first-order chi connectivity index (χ1) is 7.00. The van der Waals surface area contributed by atoms with Crippen LogP contribution in [-0.4, -0.2) is 9.03 Å². The third-order valence-corrected chi connectivity index (χ3v) is 2.97. The molecule has 2 N–H and O–H groups in total. The molecule has 0 bridgehead atoms. The van der Waals surface area contributed by atoms with E-state index < -0.39 is 0 Å². The van der Waals surface area contributed by atoms with Crippen molar-refractivity contribution in [3.63, 3.8) is 0 Å². The number of hydrogen-bond donors (Lipinski definition) is 1. The molecule has 0 amide bonds. The second-order valence-electron chi connectivity index (χ2n) is 3.72. The van der Waals surface area contributed by atoms with Gasteiger partial charge in [0, 0.05) is 23.4 Å². The Hall–Kier alpha value is -1.62. The maximum Gasteiger partial charge on any atom is 0.277 e. The van der Waals surface area contributed by atoms with Crippen molar-refractivity contribution in [2.45, 2.75) is 27.3 Å². The molecule has 0 atom stereocenters. The van der Waals surface area contributed by atoms with Gasteiger partial charge < -0.3 is 5.73 Å². The quantitative estimate of drug-likeness (QED) is 0.690. The molecular weight excluding hydrogens is 194 g/mol. The summed E-state index contributed by atoms with van der Waals surface area (Å²) in [5.74, 6) is 0. The molecule has 2 aromatic heterocycles. The molecule has 0 aliphatic heterocycles. The van der Waals surface area contributed by atoms with Crippen LogP contribution in [0.2, 0.25) is 0 Å². The monoisotopic (exact) mass is 207 g/mol. The highest BCUT2D eigenvalue weighted by atomic mass is 16.2. The zero-order valence-corrected chi connectivity index (χ0v) is 9.00. The molecule has 0 saturated carbocycles. The fraction of sp³-hybridized carbons (Fsp3) is 0.400. The standard InChI is InChI=1S/C10H13N3O2/c1-5-7(3)12-8(4-11)6(2)10(15)13(12)9(5)14/h4,11H2,1-3H3. The summed E-state index contributed by atoms with van der Waals surface area (Å²) in [7, 11) is 0. The second-order valence-corrected chi connectivity index (χ2v) is 3.72. The lowest BCUT2D eigenvalue weighted by atomic mass is 10.2. The van der Waals surface area contributed by atoms with Gasteiger partial charge in [-0.2, -0.15) is 4.52 Å². The van der Waals surface area contributed by atoms with E-state index in [2.05, 4.69) is 0 Å². The molecular formula is C10H13N3O2. The van der Waals surface area contributed by atoms with Gasteiger partial charge in [-0.1, -0.05) is 0 Å². The molecule has 15 heavy (non-hydrogen) atoms. The molecule has 5 nitrogen and oxygen atoms in total. The number of hydrogen-bond acceptors (Lipinski definition) is 3. The van der Waals surface area contributed by atoms with Crippen LogP contribution in [0.15, 0.2) is 9.59 Å². The minimum atomic E-state index is -0.267. The van der Waals surface area contributed by atoms with E-state index in [4.69, 9.17) is 5.73 Å². The van der Waals surface area contributed by atoms with E-state index >= 15 is 0 Å². The average Bonchev–Trinajstić information content (AvgIpc) is 2.59. The van der Waals surface area contributed by atoms with Crippen molar-refractivity contribution < 1.29 is 0 Å². The van der Waals surface area contributed by atoms with Gasteiger partial charge in [-0.15, -0.1) is 0 Å². The Morgan fingerprint density at radius 3 is 2.07 bits per heavy atom. The lowest BCUT2D eigenvalue weighted by molar-refractivity contribution is 0.745. The Bertz CT molecular complexity index is 636. The molecule has 2 heterocycles. The Morgan fingerprint density at radius 1 is 1.00 bits per heavy atom. The summed E-state index contributed by atoms with van der Waals surface area (Å²) >= 11 is 0. The van der Waals surface area contributed by atoms with E-state index in [0.717, 1.165) is 10.2 Å². The molecule has 0 aliphatic rings. The van der Waals surface area contributed by atoms with Crippen molar-refractivity contribution in [3.05, 3.63) is 43.2 Å². The minimum Gasteiger partial charge on any atom is -0.325 e. The zero-order valence-electron chi connectivity index (χ0n) is 9.00. The summed E-state index contributed by atoms with van der Waals surface area (Å²) in [6, 6.07) is 0. The van der Waals surface area contributed by atoms with Crippen LogP contribution in [0.4, 0.5) is 0 Å². The third kappa shape index (κ3) is 1.01. The summed E-state index contributed by atoms with van der Waals surface area (Å²) in [5, 5.41) is 0. The van der Waals surface area contributed by atoms with Crippen molar-refractivity contribution in [2.24, 2.45) is 5.73 Å². The lowest BCUT2D eigenvalue weighted by Gasteiger charge is -1.98. The van der Waals surface area contributed by atoms with Crippen molar-refractivity contribution >= 4 is 0 Å². The van der Waals surface area contributed by atoms with Crippen molar-refractivity contribution in [1.29, 1.82) is 0 Å². The van der Waals surface area contributed by atoms with Gasteiger partial charge in [0.25, 0.3) is 11.1 Å². The predicted molar refractivity (Wildman–Crippen MR) is 56.7 cm³/mol. The van der Waals surface area contributed by atoms with Gasteiger partial charge >= 0.3 is 0 Å². The van der Waals surface area contributed by atoms with Crippen LogP contribution < -0.4 is 16.9 Å². The van der Waals surface area contributed by atoms with Crippen LogP contribution in [0, 0.1) is 20.8 Å². The highest BCUT2D eigenvalue weighted by Crippen LogP contribution is 2.08. The minimum absolute atomic E-state index is 0.250. The molecule has 0 fully saturated rings. The van der Waals surface area contributed by atoms with Gasteiger partial charge in [-0.05, 0) is 20.8 Å². The molecule has 0 spiro atoms. The molecule has 0 aliphatic carbocycles. The van der Waals surface area contributed by atoms with E-state index in [1.165, 1.54) is 0 Å². The fourth-order valence-electron chi connectivity index (χ4n) is 1.90. The number of aromatic nitrogens is 2. The second kappa shape index (κ2) is 2.93. The molecule has 2 rings (SSSR count). The van der Waals surface area contributed by atoms with Crippen LogP contribution in [0.25, 0.3) is 0 Å². The summed E-state index contributed by atoms with van der Waals surface area (Å²) in [6.07, 6.45) is 0. The average molecular weight is 207 g/mol. The highest BCUT2D eigenvalue weighted by Gasteiger charge is 2.18. The number of aryl methyl sites for hydroxylation is 1. The first-order valence-corrected chi connectivity index (χ1v) is 4.76. The topological polar surface area (TPSA) is 69.0 Å². The molecule has 0 saturated heterocycles. The predicted octanol–water partition coefficient (Wildman–Crippen LogP) is -0.419. The van der Waals surface area contributed by atoms with Crippen molar-refractivity contribution in [1.82, 2.24) is 9.03 Å². The SMILES string of the molecule is Cc1c(C)n2c(CN)c(C)c(=O)n2c1=O. The Kier molecular flexibility index (Phi) is 1.94. The lowest BCUT2D eigenvalue weighted by Crippen LogP contribution is -2.23.